The first-order chi connectivity index (χ1) is 16.0. The van der Waals surface area contributed by atoms with Gasteiger partial charge < -0.3 is 15.0 Å². The highest BCUT2D eigenvalue weighted by Gasteiger charge is 2.32. The molecule has 0 saturated heterocycles. The van der Waals surface area contributed by atoms with Crippen molar-refractivity contribution in [3.63, 3.8) is 0 Å². The number of amides is 2. The van der Waals surface area contributed by atoms with Gasteiger partial charge in [0, 0.05) is 12.6 Å². The van der Waals surface area contributed by atoms with Crippen molar-refractivity contribution in [2.75, 3.05) is 24.2 Å². The molecule has 0 bridgehead atoms. The Balaban J connectivity index is 2.44. The first-order valence-corrected chi connectivity index (χ1v) is 12.8. The summed E-state index contributed by atoms with van der Waals surface area (Å²) in [5.74, 6) is -0.835. The fraction of sp³-hybridized carbons (Fsp3) is 0.417. The topological polar surface area (TPSA) is 96.0 Å². The van der Waals surface area contributed by atoms with Gasteiger partial charge >= 0.3 is 0 Å². The molecule has 2 aromatic carbocycles. The molecule has 0 aliphatic rings. The van der Waals surface area contributed by atoms with E-state index in [9.17, 15) is 22.4 Å². The van der Waals surface area contributed by atoms with E-state index >= 15 is 0 Å². The zero-order valence-corrected chi connectivity index (χ0v) is 20.9. The lowest BCUT2D eigenvalue weighted by Gasteiger charge is -2.33. The van der Waals surface area contributed by atoms with E-state index in [4.69, 9.17) is 4.74 Å². The Morgan fingerprint density at radius 1 is 1.12 bits per heavy atom. The minimum atomic E-state index is -3.87. The lowest BCUT2D eigenvalue weighted by molar-refractivity contribution is -0.140. The smallest absolute Gasteiger partial charge is 0.244 e. The number of sulfonamides is 1. The van der Waals surface area contributed by atoms with Crippen LogP contribution in [0.25, 0.3) is 0 Å². The van der Waals surface area contributed by atoms with Crippen LogP contribution in [0.5, 0.6) is 5.75 Å². The maximum absolute atomic E-state index is 13.5. The maximum atomic E-state index is 13.5. The second kappa shape index (κ2) is 11.8. The third-order valence-electron chi connectivity index (χ3n) is 5.10. The van der Waals surface area contributed by atoms with Crippen molar-refractivity contribution in [3.8, 4) is 5.75 Å². The van der Waals surface area contributed by atoms with Crippen LogP contribution in [-0.4, -0.2) is 57.1 Å². The highest BCUT2D eigenvalue weighted by molar-refractivity contribution is 7.92. The molecular formula is C24H32FN3O5S. The van der Waals surface area contributed by atoms with Gasteiger partial charge in [0.2, 0.25) is 21.8 Å². The number of nitrogens with one attached hydrogen (secondary N) is 1. The lowest BCUT2D eigenvalue weighted by atomic mass is 10.1. The van der Waals surface area contributed by atoms with E-state index in [1.165, 1.54) is 24.1 Å². The van der Waals surface area contributed by atoms with Crippen LogP contribution in [0.4, 0.5) is 10.1 Å². The third kappa shape index (κ3) is 7.44. The molecule has 186 valence electrons. The second-order valence-corrected chi connectivity index (χ2v) is 10.1. The van der Waals surface area contributed by atoms with Crippen molar-refractivity contribution < 1.29 is 27.1 Å². The monoisotopic (exact) mass is 493 g/mol. The van der Waals surface area contributed by atoms with Crippen LogP contribution in [0, 0.1) is 5.82 Å². The van der Waals surface area contributed by atoms with Gasteiger partial charge in [-0.1, -0.05) is 19.1 Å². The third-order valence-corrected chi connectivity index (χ3v) is 6.24. The molecule has 2 rings (SSSR count). The van der Waals surface area contributed by atoms with Crippen molar-refractivity contribution >= 4 is 27.5 Å². The predicted molar refractivity (Wildman–Crippen MR) is 129 cm³/mol. The molecule has 2 amide bonds. The summed E-state index contributed by atoms with van der Waals surface area (Å²) in [5, 5.41) is 2.83. The van der Waals surface area contributed by atoms with Crippen molar-refractivity contribution in [2.24, 2.45) is 0 Å². The second-order valence-electron chi connectivity index (χ2n) is 8.21. The average molecular weight is 494 g/mol. The predicted octanol–water partition coefficient (Wildman–Crippen LogP) is 2.93. The van der Waals surface area contributed by atoms with E-state index in [2.05, 4.69) is 5.32 Å². The number of ether oxygens (including phenoxy) is 1. The Morgan fingerprint density at radius 3 is 2.29 bits per heavy atom. The summed E-state index contributed by atoms with van der Waals surface area (Å²) in [6.45, 7) is 4.95. The molecule has 0 unspecified atom stereocenters. The number of hydrogen-bond donors (Lipinski definition) is 1. The summed E-state index contributed by atoms with van der Waals surface area (Å²) in [5.41, 5.74) is 0.870. The lowest BCUT2D eigenvalue weighted by Crippen LogP contribution is -2.53. The van der Waals surface area contributed by atoms with Crippen LogP contribution in [0.2, 0.25) is 0 Å². The molecule has 34 heavy (non-hydrogen) atoms. The first kappa shape index (κ1) is 27.1. The summed E-state index contributed by atoms with van der Waals surface area (Å²) in [6, 6.07) is 10.9. The average Bonchev–Trinajstić information content (AvgIpc) is 2.76. The van der Waals surface area contributed by atoms with E-state index in [0.717, 1.165) is 28.3 Å². The number of rotatable bonds is 11. The van der Waals surface area contributed by atoms with Crippen molar-refractivity contribution in [1.29, 1.82) is 0 Å². The van der Waals surface area contributed by atoms with E-state index in [0.29, 0.717) is 12.2 Å². The van der Waals surface area contributed by atoms with Gasteiger partial charge in [0.25, 0.3) is 0 Å². The zero-order chi connectivity index (χ0) is 25.5. The molecule has 0 aromatic heterocycles. The van der Waals surface area contributed by atoms with Crippen molar-refractivity contribution in [2.45, 2.75) is 45.8 Å². The minimum Gasteiger partial charge on any atom is -0.497 e. The first-order valence-electron chi connectivity index (χ1n) is 10.9. The number of anilines is 1. The molecule has 0 aliphatic heterocycles. The van der Waals surface area contributed by atoms with Gasteiger partial charge in [-0.25, -0.2) is 12.8 Å². The highest BCUT2D eigenvalue weighted by atomic mass is 32.2. The Bertz CT molecular complexity index is 1090. The molecule has 0 radical (unpaired) electrons. The Hall–Kier alpha value is -3.14. The number of hydrogen-bond acceptors (Lipinski definition) is 5. The van der Waals surface area contributed by atoms with Gasteiger partial charge in [0.05, 0.1) is 19.1 Å². The molecule has 0 fully saturated rings. The summed E-state index contributed by atoms with van der Waals surface area (Å²) in [4.78, 5) is 27.8. The summed E-state index contributed by atoms with van der Waals surface area (Å²) >= 11 is 0. The number of carbonyl (C=O) groups is 2. The molecule has 0 spiro atoms. The molecule has 0 aliphatic carbocycles. The van der Waals surface area contributed by atoms with Gasteiger partial charge in [-0.2, -0.15) is 0 Å². The van der Waals surface area contributed by atoms with Crippen LogP contribution in [-0.2, 0) is 26.2 Å². The molecule has 10 heteroatoms. The minimum absolute atomic E-state index is 0.0705. The zero-order valence-electron chi connectivity index (χ0n) is 20.1. The van der Waals surface area contributed by atoms with E-state index in [1.54, 1.807) is 31.2 Å². The highest BCUT2D eigenvalue weighted by Crippen LogP contribution is 2.21. The molecule has 2 aromatic rings. The van der Waals surface area contributed by atoms with E-state index in [-0.39, 0.29) is 24.2 Å². The largest absolute Gasteiger partial charge is 0.497 e. The molecular weight excluding hydrogens is 461 g/mol. The van der Waals surface area contributed by atoms with Gasteiger partial charge in [-0.05, 0) is 62.2 Å². The normalized spacial score (nSPS) is 12.2. The molecule has 1 N–H and O–H groups in total. The fourth-order valence-electron chi connectivity index (χ4n) is 3.49. The van der Waals surface area contributed by atoms with Crippen LogP contribution < -0.4 is 14.4 Å². The van der Waals surface area contributed by atoms with Crippen LogP contribution >= 0.6 is 0 Å². The van der Waals surface area contributed by atoms with Gasteiger partial charge in [0.1, 0.15) is 24.2 Å². The number of halogens is 1. The Morgan fingerprint density at radius 2 is 1.76 bits per heavy atom. The SMILES string of the molecule is CC[C@H](C(=O)NC(C)C)N(Cc1cccc(OC)c1)C(=O)CN(c1ccc(F)cc1)S(C)(=O)=O. The molecule has 0 saturated carbocycles. The van der Waals surface area contributed by atoms with Crippen LogP contribution in [0.15, 0.2) is 48.5 Å². The van der Waals surface area contributed by atoms with E-state index < -0.39 is 34.3 Å². The summed E-state index contributed by atoms with van der Waals surface area (Å²) in [6.07, 6.45) is 1.29. The number of benzene rings is 2. The van der Waals surface area contributed by atoms with Gasteiger partial charge in [0.15, 0.2) is 0 Å². The standard InChI is InChI=1S/C24H32FN3O5S/c1-6-22(24(30)26-17(2)3)27(15-18-8-7-9-21(14-18)33-4)23(29)16-28(34(5,31)32)20-12-10-19(25)11-13-20/h7-14,17,22H,6,15-16H2,1-5H3,(H,26,30)/t22-/m1/s1. The Kier molecular flexibility index (Phi) is 9.43. The van der Waals surface area contributed by atoms with Crippen molar-refractivity contribution in [1.82, 2.24) is 10.2 Å². The van der Waals surface area contributed by atoms with Crippen LogP contribution in [0.3, 0.4) is 0 Å². The molecule has 0 heterocycles. The van der Waals surface area contributed by atoms with Gasteiger partial charge in [-0.15, -0.1) is 0 Å². The van der Waals surface area contributed by atoms with Crippen LogP contribution in [0.1, 0.15) is 32.8 Å². The number of carbonyl (C=O) groups excluding carboxylic acids is 2. The number of methoxy groups -OCH3 is 1. The van der Waals surface area contributed by atoms with E-state index in [1.807, 2.05) is 13.8 Å². The quantitative estimate of drug-likeness (QED) is 0.519. The van der Waals surface area contributed by atoms with Crippen molar-refractivity contribution in [3.05, 3.63) is 59.9 Å². The maximum Gasteiger partial charge on any atom is 0.244 e. The van der Waals surface area contributed by atoms with Gasteiger partial charge in [-0.3, -0.25) is 13.9 Å². The molecule has 8 nitrogen and oxygen atoms in total. The Labute approximate surface area is 200 Å². The number of nitrogens with zero attached hydrogens (tertiary/aromatic N) is 2. The molecule has 1 atom stereocenters. The summed E-state index contributed by atoms with van der Waals surface area (Å²) in [7, 11) is -2.34. The fourth-order valence-corrected chi connectivity index (χ4v) is 4.34. The summed E-state index contributed by atoms with van der Waals surface area (Å²) < 4.78 is 44.6.